The van der Waals surface area contributed by atoms with Crippen molar-refractivity contribution < 1.29 is 8.42 Å². The molecule has 0 saturated carbocycles. The molecule has 7 heteroatoms. The summed E-state index contributed by atoms with van der Waals surface area (Å²) in [5.41, 5.74) is 5.50. The maximum atomic E-state index is 12.2. The lowest BCUT2D eigenvalue weighted by Crippen LogP contribution is -2.26. The van der Waals surface area contributed by atoms with Crippen molar-refractivity contribution in [2.24, 2.45) is 5.73 Å². The van der Waals surface area contributed by atoms with E-state index in [2.05, 4.69) is 4.72 Å². The Bertz CT molecular complexity index is 658. The molecule has 0 amide bonds. The number of hydrogen-bond donors (Lipinski definition) is 2. The van der Waals surface area contributed by atoms with E-state index in [0.29, 0.717) is 6.54 Å². The largest absolute Gasteiger partial charge is 0.326 e. The summed E-state index contributed by atoms with van der Waals surface area (Å²) in [6.45, 7) is 4.21. The normalized spacial score (nSPS) is 13.6. The highest BCUT2D eigenvalue weighted by Crippen LogP contribution is 2.25. The molecule has 0 aliphatic rings. The molecule has 0 aliphatic heterocycles. The van der Waals surface area contributed by atoms with Gasteiger partial charge < -0.3 is 5.73 Å². The molecule has 4 nitrogen and oxygen atoms in total. The van der Waals surface area contributed by atoms with Gasteiger partial charge in [-0.2, -0.15) is 0 Å². The fourth-order valence-electron chi connectivity index (χ4n) is 1.65. The molecule has 0 bridgehead atoms. The molecular weight excluding hydrogens is 300 g/mol. The molecule has 1 atom stereocenters. The maximum absolute atomic E-state index is 12.2. The average molecular weight is 316 g/mol. The van der Waals surface area contributed by atoms with E-state index in [1.54, 1.807) is 22.8 Å². The van der Waals surface area contributed by atoms with Crippen LogP contribution in [0.1, 0.15) is 27.6 Å². The molecule has 2 aromatic rings. The second-order valence-corrected chi connectivity index (χ2v) is 8.27. The van der Waals surface area contributed by atoms with Crippen LogP contribution in [-0.2, 0) is 16.6 Å². The average Bonchev–Trinajstić information content (AvgIpc) is 2.96. The first-order valence-corrected chi connectivity index (χ1v) is 8.96. The predicted octanol–water partition coefficient (Wildman–Crippen LogP) is 2.62. The molecule has 0 spiro atoms. The van der Waals surface area contributed by atoms with Crippen LogP contribution in [0.15, 0.2) is 28.5 Å². The zero-order valence-electron chi connectivity index (χ0n) is 10.7. The lowest BCUT2D eigenvalue weighted by Gasteiger charge is -2.11. The number of sulfonamides is 1. The molecule has 2 heterocycles. The van der Waals surface area contributed by atoms with Gasteiger partial charge in [0.2, 0.25) is 10.0 Å². The number of thiophene rings is 2. The first-order chi connectivity index (χ1) is 8.92. The Morgan fingerprint density at radius 1 is 1.42 bits per heavy atom. The Balaban J connectivity index is 2.17. The van der Waals surface area contributed by atoms with E-state index in [4.69, 9.17) is 5.73 Å². The Morgan fingerprint density at radius 2 is 2.16 bits per heavy atom. The van der Waals surface area contributed by atoms with Crippen LogP contribution in [0.3, 0.4) is 0 Å². The highest BCUT2D eigenvalue weighted by molar-refractivity contribution is 7.89. The molecule has 0 radical (unpaired) electrons. The van der Waals surface area contributed by atoms with E-state index in [1.807, 2.05) is 26.0 Å². The summed E-state index contributed by atoms with van der Waals surface area (Å²) >= 11 is 2.96. The van der Waals surface area contributed by atoms with Crippen LogP contribution >= 0.6 is 22.7 Å². The summed E-state index contributed by atoms with van der Waals surface area (Å²) in [6, 6.07) is 5.33. The molecule has 1 unspecified atom stereocenters. The lowest BCUT2D eigenvalue weighted by molar-refractivity contribution is 0.569. The van der Waals surface area contributed by atoms with Crippen LogP contribution < -0.4 is 10.5 Å². The van der Waals surface area contributed by atoms with Crippen molar-refractivity contribution in [1.82, 2.24) is 4.72 Å². The third kappa shape index (κ3) is 3.43. The second-order valence-electron chi connectivity index (χ2n) is 4.24. The third-order valence-electron chi connectivity index (χ3n) is 2.66. The fraction of sp³-hybridized carbons (Fsp3) is 0.333. The first-order valence-electron chi connectivity index (χ1n) is 5.78. The van der Waals surface area contributed by atoms with Crippen LogP contribution in [0.5, 0.6) is 0 Å². The van der Waals surface area contributed by atoms with E-state index in [1.165, 1.54) is 16.2 Å². The van der Waals surface area contributed by atoms with Gasteiger partial charge in [0, 0.05) is 26.6 Å². The number of nitrogens with one attached hydrogen (secondary N) is 1. The molecule has 0 fully saturated rings. The van der Waals surface area contributed by atoms with E-state index in [9.17, 15) is 8.42 Å². The van der Waals surface area contributed by atoms with Crippen molar-refractivity contribution in [3.8, 4) is 0 Å². The molecule has 2 rings (SSSR count). The van der Waals surface area contributed by atoms with Gasteiger partial charge in [0.1, 0.15) is 0 Å². The number of hydrogen-bond acceptors (Lipinski definition) is 5. The van der Waals surface area contributed by atoms with Crippen LogP contribution in [0.2, 0.25) is 0 Å². The van der Waals surface area contributed by atoms with E-state index < -0.39 is 10.0 Å². The van der Waals surface area contributed by atoms with Gasteiger partial charge >= 0.3 is 0 Å². The van der Waals surface area contributed by atoms with Gasteiger partial charge in [-0.05, 0) is 32.0 Å². The summed E-state index contributed by atoms with van der Waals surface area (Å²) < 4.78 is 27.1. The molecular formula is C12H16N2O2S3. The second kappa shape index (κ2) is 5.72. The van der Waals surface area contributed by atoms with Gasteiger partial charge in [0.25, 0.3) is 0 Å². The summed E-state index contributed by atoms with van der Waals surface area (Å²) in [6.07, 6.45) is 0. The molecule has 2 aromatic heterocycles. The van der Waals surface area contributed by atoms with Crippen molar-refractivity contribution in [2.45, 2.75) is 31.3 Å². The standard InChI is InChI=1S/C12H16N2O2S3/c1-8-3-4-12(18-8)9(2)14-19(15,16)11-5-10(6-13)17-7-11/h3-5,7,9,14H,6,13H2,1-2H3. The van der Waals surface area contributed by atoms with Gasteiger partial charge in [-0.1, -0.05) is 0 Å². The van der Waals surface area contributed by atoms with E-state index in [-0.39, 0.29) is 10.9 Å². The first kappa shape index (κ1) is 14.7. The summed E-state index contributed by atoms with van der Waals surface area (Å²) in [5.74, 6) is 0. The molecule has 19 heavy (non-hydrogen) atoms. The fourth-order valence-corrected chi connectivity index (χ4v) is 4.99. The van der Waals surface area contributed by atoms with Gasteiger partial charge in [-0.15, -0.1) is 22.7 Å². The van der Waals surface area contributed by atoms with Gasteiger partial charge in [-0.3, -0.25) is 0 Å². The predicted molar refractivity (Wildman–Crippen MR) is 80.0 cm³/mol. The summed E-state index contributed by atoms with van der Waals surface area (Å²) in [5, 5.41) is 1.62. The Kier molecular flexibility index (Phi) is 4.42. The highest BCUT2D eigenvalue weighted by atomic mass is 32.2. The van der Waals surface area contributed by atoms with E-state index in [0.717, 1.165) is 9.75 Å². The quantitative estimate of drug-likeness (QED) is 0.890. The Morgan fingerprint density at radius 3 is 2.68 bits per heavy atom. The Hall–Kier alpha value is -0.730. The van der Waals surface area contributed by atoms with Crippen molar-refractivity contribution in [1.29, 1.82) is 0 Å². The zero-order valence-corrected chi connectivity index (χ0v) is 13.2. The number of nitrogens with two attached hydrogens (primary N) is 1. The van der Waals surface area contributed by atoms with Crippen LogP contribution in [0, 0.1) is 6.92 Å². The maximum Gasteiger partial charge on any atom is 0.241 e. The smallest absolute Gasteiger partial charge is 0.241 e. The van der Waals surface area contributed by atoms with Crippen LogP contribution in [-0.4, -0.2) is 8.42 Å². The summed E-state index contributed by atoms with van der Waals surface area (Å²) in [7, 11) is -3.48. The van der Waals surface area contributed by atoms with Crippen molar-refractivity contribution in [2.75, 3.05) is 0 Å². The SMILES string of the molecule is Cc1ccc(C(C)NS(=O)(=O)c2csc(CN)c2)s1. The Labute approximate surface area is 121 Å². The van der Waals surface area contributed by atoms with Crippen molar-refractivity contribution in [3.05, 3.63) is 38.2 Å². The van der Waals surface area contributed by atoms with Gasteiger partial charge in [-0.25, -0.2) is 13.1 Å². The lowest BCUT2D eigenvalue weighted by atomic mass is 10.3. The topological polar surface area (TPSA) is 72.2 Å². The molecule has 0 aromatic carbocycles. The van der Waals surface area contributed by atoms with Crippen molar-refractivity contribution >= 4 is 32.7 Å². The third-order valence-corrected chi connectivity index (χ3v) is 6.47. The highest BCUT2D eigenvalue weighted by Gasteiger charge is 2.20. The van der Waals surface area contributed by atoms with Crippen molar-refractivity contribution in [3.63, 3.8) is 0 Å². The molecule has 0 aliphatic carbocycles. The van der Waals surface area contributed by atoms with Gasteiger partial charge in [0.15, 0.2) is 0 Å². The van der Waals surface area contributed by atoms with Crippen LogP contribution in [0.4, 0.5) is 0 Å². The molecule has 0 saturated heterocycles. The summed E-state index contributed by atoms with van der Waals surface area (Å²) in [4.78, 5) is 3.33. The number of aryl methyl sites for hydroxylation is 1. The molecule has 3 N–H and O–H groups in total. The molecule has 104 valence electrons. The van der Waals surface area contributed by atoms with Gasteiger partial charge in [0.05, 0.1) is 10.9 Å². The minimum atomic E-state index is -3.48. The number of rotatable bonds is 5. The zero-order chi connectivity index (χ0) is 14.0. The van der Waals surface area contributed by atoms with E-state index >= 15 is 0 Å². The monoisotopic (exact) mass is 316 g/mol. The van der Waals surface area contributed by atoms with Crippen LogP contribution in [0.25, 0.3) is 0 Å². The minimum absolute atomic E-state index is 0.232. The minimum Gasteiger partial charge on any atom is -0.326 e.